The van der Waals surface area contributed by atoms with Crippen LogP contribution in [0.3, 0.4) is 0 Å². The third kappa shape index (κ3) is 3.62. The van der Waals surface area contributed by atoms with Crippen LogP contribution in [0.2, 0.25) is 0 Å². The van der Waals surface area contributed by atoms with E-state index in [1.807, 2.05) is 25.1 Å². The van der Waals surface area contributed by atoms with E-state index in [1.165, 1.54) is 0 Å². The van der Waals surface area contributed by atoms with Gasteiger partial charge in [-0.15, -0.1) is 0 Å². The number of hydrogen-bond acceptors (Lipinski definition) is 3. The molecule has 6 nitrogen and oxygen atoms in total. The highest BCUT2D eigenvalue weighted by molar-refractivity contribution is 6.09. The number of nitrogens with one attached hydrogen (secondary N) is 1. The van der Waals surface area contributed by atoms with Gasteiger partial charge in [0.15, 0.2) is 0 Å². The number of fused-ring (bicyclic) bond motifs is 1. The zero-order chi connectivity index (χ0) is 18.8. The van der Waals surface area contributed by atoms with Crippen LogP contribution in [-0.2, 0) is 11.3 Å². The van der Waals surface area contributed by atoms with Crippen molar-refractivity contribution >= 4 is 22.8 Å². The van der Waals surface area contributed by atoms with Crippen LogP contribution >= 0.6 is 0 Å². The minimum atomic E-state index is -1.02. The summed E-state index contributed by atoms with van der Waals surface area (Å²) in [5.41, 5.74) is 1.39. The lowest BCUT2D eigenvalue weighted by molar-refractivity contribution is -0.146. The molecule has 0 aliphatic carbocycles. The Morgan fingerprint density at radius 1 is 1.32 bits per heavy atom. The summed E-state index contributed by atoms with van der Waals surface area (Å²) in [6.07, 6.45) is 0.948. The minimum Gasteiger partial charge on any atom is -0.497 e. The van der Waals surface area contributed by atoms with Gasteiger partial charge in [-0.1, -0.05) is 6.92 Å². The molecule has 0 aliphatic rings. The Bertz CT molecular complexity index is 805. The average Bonchev–Trinajstić information content (AvgIpc) is 2.84. The van der Waals surface area contributed by atoms with Gasteiger partial charge in [0.2, 0.25) is 0 Å². The number of hydrogen-bond donors (Lipinski definition) is 2. The van der Waals surface area contributed by atoms with Crippen molar-refractivity contribution in [3.63, 3.8) is 0 Å². The van der Waals surface area contributed by atoms with Crippen molar-refractivity contribution in [2.45, 2.75) is 40.7 Å². The van der Waals surface area contributed by atoms with Crippen molar-refractivity contribution in [2.75, 3.05) is 13.7 Å². The van der Waals surface area contributed by atoms with Crippen LogP contribution in [0.1, 0.15) is 43.2 Å². The fraction of sp³-hybridized carbons (Fsp3) is 0.474. The van der Waals surface area contributed by atoms with E-state index in [4.69, 9.17) is 4.74 Å². The van der Waals surface area contributed by atoms with E-state index in [9.17, 15) is 14.7 Å². The van der Waals surface area contributed by atoms with Gasteiger partial charge >= 0.3 is 5.97 Å². The van der Waals surface area contributed by atoms with E-state index in [-0.39, 0.29) is 12.5 Å². The summed E-state index contributed by atoms with van der Waals surface area (Å²) in [4.78, 5) is 24.1. The van der Waals surface area contributed by atoms with E-state index in [0.717, 1.165) is 29.6 Å². The molecule has 1 aromatic heterocycles. The van der Waals surface area contributed by atoms with Crippen molar-refractivity contribution in [3.8, 4) is 5.75 Å². The molecule has 0 aliphatic heterocycles. The van der Waals surface area contributed by atoms with Crippen LogP contribution in [0.15, 0.2) is 18.2 Å². The molecule has 1 amide bonds. The van der Waals surface area contributed by atoms with Gasteiger partial charge in [-0.3, -0.25) is 9.59 Å². The molecule has 2 N–H and O–H groups in total. The minimum absolute atomic E-state index is 0.0605. The van der Waals surface area contributed by atoms with Crippen LogP contribution in [0, 0.1) is 12.3 Å². The molecule has 25 heavy (non-hydrogen) atoms. The number of benzene rings is 1. The number of carbonyl (C=O) groups is 2. The second-order valence-corrected chi connectivity index (χ2v) is 6.87. The lowest BCUT2D eigenvalue weighted by Crippen LogP contribution is -2.39. The number of aliphatic carboxylic acids is 1. The zero-order valence-corrected chi connectivity index (χ0v) is 15.5. The van der Waals surface area contributed by atoms with Crippen molar-refractivity contribution in [3.05, 3.63) is 29.5 Å². The molecule has 1 aromatic carbocycles. The first-order chi connectivity index (χ1) is 11.7. The molecular formula is C19H26N2O4. The molecule has 0 atom stereocenters. The number of methoxy groups -OCH3 is 1. The van der Waals surface area contributed by atoms with Crippen LogP contribution in [0.4, 0.5) is 0 Å². The molecule has 0 saturated carbocycles. The van der Waals surface area contributed by atoms with Crippen LogP contribution < -0.4 is 10.1 Å². The van der Waals surface area contributed by atoms with Crippen molar-refractivity contribution < 1.29 is 19.4 Å². The average molecular weight is 346 g/mol. The zero-order valence-electron chi connectivity index (χ0n) is 15.5. The Hall–Kier alpha value is -2.50. The van der Waals surface area contributed by atoms with Gasteiger partial charge in [-0.25, -0.2) is 0 Å². The highest BCUT2D eigenvalue weighted by Crippen LogP contribution is 2.30. The predicted octanol–water partition coefficient (Wildman–Crippen LogP) is 3.21. The van der Waals surface area contributed by atoms with E-state index in [0.29, 0.717) is 11.3 Å². The molecule has 1 heterocycles. The van der Waals surface area contributed by atoms with Gasteiger partial charge in [0.05, 0.1) is 18.1 Å². The molecular weight excluding hydrogens is 320 g/mol. The first-order valence-electron chi connectivity index (χ1n) is 8.41. The largest absolute Gasteiger partial charge is 0.497 e. The number of ether oxygens (including phenoxy) is 1. The summed E-state index contributed by atoms with van der Waals surface area (Å²) < 4.78 is 7.41. The van der Waals surface area contributed by atoms with E-state index in [1.54, 1.807) is 21.0 Å². The normalized spacial score (nSPS) is 11.6. The van der Waals surface area contributed by atoms with Crippen molar-refractivity contribution in [1.82, 2.24) is 9.88 Å². The smallest absolute Gasteiger partial charge is 0.310 e. The van der Waals surface area contributed by atoms with Crippen LogP contribution in [0.25, 0.3) is 10.9 Å². The van der Waals surface area contributed by atoms with Crippen molar-refractivity contribution in [2.24, 2.45) is 5.41 Å². The highest BCUT2D eigenvalue weighted by atomic mass is 16.5. The molecule has 2 rings (SSSR count). The standard InChI is InChI=1S/C19H26N2O4/c1-6-9-21-12(2)16(14-10-13(25-5)7-8-15(14)21)17(22)20-11-19(3,4)18(23)24/h7-8,10H,6,9,11H2,1-5H3,(H,20,22)(H,23,24). The molecule has 0 unspecified atom stereocenters. The third-order valence-electron chi connectivity index (χ3n) is 4.47. The first kappa shape index (κ1) is 18.8. The summed E-state index contributed by atoms with van der Waals surface area (Å²) in [6, 6.07) is 5.68. The number of rotatable bonds is 7. The monoisotopic (exact) mass is 346 g/mol. The number of aryl methyl sites for hydroxylation is 1. The van der Waals surface area contributed by atoms with Gasteiger partial charge in [0, 0.05) is 29.7 Å². The van der Waals surface area contributed by atoms with Crippen LogP contribution in [-0.4, -0.2) is 35.2 Å². The van der Waals surface area contributed by atoms with Crippen LogP contribution in [0.5, 0.6) is 5.75 Å². The number of carbonyl (C=O) groups excluding carboxylic acids is 1. The van der Waals surface area contributed by atoms with Crippen molar-refractivity contribution in [1.29, 1.82) is 0 Å². The fourth-order valence-corrected chi connectivity index (χ4v) is 2.85. The molecule has 136 valence electrons. The van der Waals surface area contributed by atoms with Gasteiger partial charge in [-0.2, -0.15) is 0 Å². The molecule has 2 aromatic rings. The van der Waals surface area contributed by atoms with Gasteiger partial charge in [0.25, 0.3) is 5.91 Å². The first-order valence-corrected chi connectivity index (χ1v) is 8.41. The highest BCUT2D eigenvalue weighted by Gasteiger charge is 2.29. The maximum atomic E-state index is 12.8. The summed E-state index contributed by atoms with van der Waals surface area (Å²) in [6.45, 7) is 8.05. The number of carboxylic acids is 1. The number of amides is 1. The molecule has 0 saturated heterocycles. The summed E-state index contributed by atoms with van der Waals surface area (Å²) in [7, 11) is 1.59. The lowest BCUT2D eigenvalue weighted by atomic mass is 9.94. The van der Waals surface area contributed by atoms with E-state index >= 15 is 0 Å². The number of aromatic nitrogens is 1. The Balaban J connectivity index is 2.46. The third-order valence-corrected chi connectivity index (χ3v) is 4.47. The van der Waals surface area contributed by atoms with E-state index in [2.05, 4.69) is 16.8 Å². The Labute approximate surface area is 147 Å². The van der Waals surface area contributed by atoms with Gasteiger partial charge in [0.1, 0.15) is 5.75 Å². The Morgan fingerprint density at radius 2 is 2.00 bits per heavy atom. The maximum absolute atomic E-state index is 12.8. The fourth-order valence-electron chi connectivity index (χ4n) is 2.85. The maximum Gasteiger partial charge on any atom is 0.310 e. The quantitative estimate of drug-likeness (QED) is 0.807. The number of nitrogens with zero attached hydrogens (tertiary/aromatic N) is 1. The molecule has 6 heteroatoms. The number of carboxylic acid groups (broad SMARTS) is 1. The second-order valence-electron chi connectivity index (χ2n) is 6.87. The predicted molar refractivity (Wildman–Crippen MR) is 97.3 cm³/mol. The van der Waals surface area contributed by atoms with Gasteiger partial charge in [-0.05, 0) is 45.4 Å². The molecule has 0 fully saturated rings. The summed E-state index contributed by atoms with van der Waals surface area (Å²) in [5, 5.41) is 12.8. The summed E-state index contributed by atoms with van der Waals surface area (Å²) >= 11 is 0. The topological polar surface area (TPSA) is 80.6 Å². The molecule has 0 bridgehead atoms. The van der Waals surface area contributed by atoms with Gasteiger partial charge < -0.3 is 19.7 Å². The molecule has 0 spiro atoms. The lowest BCUT2D eigenvalue weighted by Gasteiger charge is -2.19. The molecule has 0 radical (unpaired) electrons. The Morgan fingerprint density at radius 3 is 2.56 bits per heavy atom. The second kappa shape index (κ2) is 7.17. The Kier molecular flexibility index (Phi) is 5.40. The van der Waals surface area contributed by atoms with E-state index < -0.39 is 11.4 Å². The summed E-state index contributed by atoms with van der Waals surface area (Å²) in [5.74, 6) is -0.527. The SMILES string of the molecule is CCCn1c(C)c(C(=O)NCC(C)(C)C(=O)O)c2cc(OC)ccc21.